The Morgan fingerprint density at radius 2 is 1.70 bits per heavy atom. The average molecular weight is 373 g/mol. The molecule has 3 amide bonds. The molecule has 0 unspecified atom stereocenters. The molecule has 0 radical (unpaired) electrons. The Morgan fingerprint density at radius 1 is 1.07 bits per heavy atom. The Hall–Kier alpha value is -2.37. The van der Waals surface area contributed by atoms with Crippen molar-refractivity contribution in [2.75, 3.05) is 13.1 Å². The second-order valence-corrected chi connectivity index (χ2v) is 7.21. The van der Waals surface area contributed by atoms with Crippen LogP contribution in [0.2, 0.25) is 0 Å². The number of nitrogens with zero attached hydrogens (tertiary/aromatic N) is 1. The molecule has 148 valence electrons. The van der Waals surface area contributed by atoms with Gasteiger partial charge < -0.3 is 15.5 Å². The van der Waals surface area contributed by atoms with Crippen LogP contribution in [0.3, 0.4) is 0 Å². The van der Waals surface area contributed by atoms with Crippen molar-refractivity contribution < 1.29 is 14.4 Å². The number of amides is 3. The quantitative estimate of drug-likeness (QED) is 0.770. The van der Waals surface area contributed by atoms with Crippen molar-refractivity contribution in [3.05, 3.63) is 35.9 Å². The summed E-state index contributed by atoms with van der Waals surface area (Å²) >= 11 is 0. The maximum absolute atomic E-state index is 12.8. The molecule has 1 heterocycles. The fourth-order valence-corrected chi connectivity index (χ4v) is 3.35. The highest BCUT2D eigenvalue weighted by molar-refractivity contribution is 5.97. The third kappa shape index (κ3) is 5.81. The predicted molar refractivity (Wildman–Crippen MR) is 105 cm³/mol. The van der Waals surface area contributed by atoms with Crippen LogP contribution >= 0.6 is 0 Å². The Bertz CT molecular complexity index is 639. The van der Waals surface area contributed by atoms with Gasteiger partial charge >= 0.3 is 0 Å². The molecule has 1 fully saturated rings. The van der Waals surface area contributed by atoms with Crippen LogP contribution < -0.4 is 10.6 Å². The molecule has 0 saturated carbocycles. The molecule has 2 N–H and O–H groups in total. The molecule has 27 heavy (non-hydrogen) atoms. The van der Waals surface area contributed by atoms with Gasteiger partial charge in [-0.1, -0.05) is 32.0 Å². The fraction of sp³-hybridized carbons (Fsp3) is 0.571. The first-order valence-corrected chi connectivity index (χ1v) is 9.90. The van der Waals surface area contributed by atoms with E-state index >= 15 is 0 Å². The van der Waals surface area contributed by atoms with Gasteiger partial charge in [0.1, 0.15) is 6.04 Å². The van der Waals surface area contributed by atoms with E-state index in [1.54, 1.807) is 24.3 Å². The molecular formula is C21H31N3O3. The molecule has 1 aromatic carbocycles. The Morgan fingerprint density at radius 3 is 2.26 bits per heavy atom. The lowest BCUT2D eigenvalue weighted by Crippen LogP contribution is -2.55. The van der Waals surface area contributed by atoms with Gasteiger partial charge in [-0.3, -0.25) is 14.4 Å². The zero-order chi connectivity index (χ0) is 19.8. The monoisotopic (exact) mass is 373 g/mol. The van der Waals surface area contributed by atoms with E-state index in [2.05, 4.69) is 10.6 Å². The van der Waals surface area contributed by atoms with Crippen LogP contribution in [0.15, 0.2) is 30.3 Å². The van der Waals surface area contributed by atoms with Gasteiger partial charge in [0.05, 0.1) is 0 Å². The molecule has 2 atom stereocenters. The number of rotatable bonds is 7. The molecule has 1 aliphatic heterocycles. The Balaban J connectivity index is 2.09. The maximum Gasteiger partial charge on any atom is 0.251 e. The number of benzene rings is 1. The van der Waals surface area contributed by atoms with Crippen LogP contribution in [0.1, 0.15) is 56.8 Å². The number of piperidine rings is 1. The first kappa shape index (κ1) is 20.9. The van der Waals surface area contributed by atoms with E-state index in [-0.39, 0.29) is 29.7 Å². The van der Waals surface area contributed by atoms with Gasteiger partial charge in [-0.2, -0.15) is 0 Å². The van der Waals surface area contributed by atoms with Crippen molar-refractivity contribution in [2.24, 2.45) is 5.92 Å². The summed E-state index contributed by atoms with van der Waals surface area (Å²) in [5.74, 6) is -0.231. The lowest BCUT2D eigenvalue weighted by molar-refractivity contribution is -0.132. The van der Waals surface area contributed by atoms with Crippen LogP contribution in [0.25, 0.3) is 0 Å². The number of carbonyl (C=O) groups is 3. The Labute approximate surface area is 161 Å². The second kappa shape index (κ2) is 10.1. The lowest BCUT2D eigenvalue weighted by Gasteiger charge is -2.36. The normalized spacial score (nSPS) is 17.1. The van der Waals surface area contributed by atoms with E-state index in [0.717, 1.165) is 6.42 Å². The minimum Gasteiger partial charge on any atom is -0.352 e. The van der Waals surface area contributed by atoms with Crippen molar-refractivity contribution in [3.63, 3.8) is 0 Å². The summed E-state index contributed by atoms with van der Waals surface area (Å²) in [7, 11) is 0. The van der Waals surface area contributed by atoms with E-state index in [4.69, 9.17) is 0 Å². The number of hydrogen-bond acceptors (Lipinski definition) is 3. The number of nitrogens with one attached hydrogen (secondary N) is 2. The second-order valence-electron chi connectivity index (χ2n) is 7.21. The number of hydrogen-bond donors (Lipinski definition) is 2. The van der Waals surface area contributed by atoms with Gasteiger partial charge in [-0.15, -0.1) is 0 Å². The van der Waals surface area contributed by atoms with Crippen molar-refractivity contribution in [3.8, 4) is 0 Å². The van der Waals surface area contributed by atoms with Crippen LogP contribution in [0, 0.1) is 5.92 Å². The highest BCUT2D eigenvalue weighted by Crippen LogP contribution is 2.22. The summed E-state index contributed by atoms with van der Waals surface area (Å²) in [4.78, 5) is 39.2. The maximum atomic E-state index is 12.8. The molecule has 0 bridgehead atoms. The third-order valence-electron chi connectivity index (χ3n) is 5.27. The molecule has 6 nitrogen and oxygen atoms in total. The minimum atomic E-state index is -0.592. The summed E-state index contributed by atoms with van der Waals surface area (Å²) in [5.41, 5.74) is 0.539. The SMILES string of the molecule is CCC(=O)N1CCC([C@H](NC(=O)c2ccccc2)C(=O)N[C@@H](C)CC)CC1. The summed E-state index contributed by atoms with van der Waals surface area (Å²) in [6, 6.07) is 8.39. The average Bonchev–Trinajstić information content (AvgIpc) is 2.71. The fourth-order valence-electron chi connectivity index (χ4n) is 3.35. The summed E-state index contributed by atoms with van der Waals surface area (Å²) in [6.07, 6.45) is 2.74. The molecule has 6 heteroatoms. The highest BCUT2D eigenvalue weighted by atomic mass is 16.2. The predicted octanol–water partition coefficient (Wildman–Crippen LogP) is 2.35. The molecule has 1 saturated heterocycles. The van der Waals surface area contributed by atoms with Gasteiger partial charge in [0.2, 0.25) is 11.8 Å². The molecule has 1 aromatic rings. The molecule has 0 aromatic heterocycles. The van der Waals surface area contributed by atoms with E-state index in [1.807, 2.05) is 31.7 Å². The van der Waals surface area contributed by atoms with Gasteiger partial charge in [0, 0.05) is 31.1 Å². The first-order chi connectivity index (χ1) is 13.0. The van der Waals surface area contributed by atoms with Gasteiger partial charge in [0.25, 0.3) is 5.91 Å². The standard InChI is InChI=1S/C21H31N3O3/c1-4-15(3)22-21(27)19(23-20(26)17-9-7-6-8-10-17)16-11-13-24(14-12-16)18(25)5-2/h6-10,15-16,19H,4-5,11-14H2,1-3H3,(H,22,27)(H,23,26)/t15-,19-/m0/s1. The van der Waals surface area contributed by atoms with E-state index in [0.29, 0.717) is 37.9 Å². The third-order valence-corrected chi connectivity index (χ3v) is 5.27. The summed E-state index contributed by atoms with van der Waals surface area (Å²) in [6.45, 7) is 7.09. The first-order valence-electron chi connectivity index (χ1n) is 9.90. The van der Waals surface area contributed by atoms with Gasteiger partial charge in [-0.05, 0) is 44.2 Å². The zero-order valence-electron chi connectivity index (χ0n) is 16.5. The van der Waals surface area contributed by atoms with E-state index in [9.17, 15) is 14.4 Å². The van der Waals surface area contributed by atoms with Crippen LogP contribution in [0.4, 0.5) is 0 Å². The minimum absolute atomic E-state index is 0.0163. The number of carbonyl (C=O) groups excluding carboxylic acids is 3. The number of likely N-dealkylation sites (tertiary alicyclic amines) is 1. The van der Waals surface area contributed by atoms with E-state index in [1.165, 1.54) is 0 Å². The molecule has 1 aliphatic rings. The molecule has 0 aliphatic carbocycles. The molecule has 2 rings (SSSR count). The lowest BCUT2D eigenvalue weighted by atomic mass is 9.88. The van der Waals surface area contributed by atoms with Crippen molar-refractivity contribution >= 4 is 17.7 Å². The summed E-state index contributed by atoms with van der Waals surface area (Å²) in [5, 5.41) is 5.93. The zero-order valence-corrected chi connectivity index (χ0v) is 16.5. The Kier molecular flexibility index (Phi) is 7.82. The van der Waals surface area contributed by atoms with Crippen LogP contribution in [-0.4, -0.2) is 47.8 Å². The van der Waals surface area contributed by atoms with Crippen molar-refractivity contribution in [1.29, 1.82) is 0 Å². The molecular weight excluding hydrogens is 342 g/mol. The smallest absolute Gasteiger partial charge is 0.251 e. The topological polar surface area (TPSA) is 78.5 Å². The molecule has 0 spiro atoms. The van der Waals surface area contributed by atoms with Crippen molar-refractivity contribution in [1.82, 2.24) is 15.5 Å². The van der Waals surface area contributed by atoms with Gasteiger partial charge in [0.15, 0.2) is 0 Å². The summed E-state index contributed by atoms with van der Waals surface area (Å²) < 4.78 is 0. The highest BCUT2D eigenvalue weighted by Gasteiger charge is 2.34. The van der Waals surface area contributed by atoms with Crippen LogP contribution in [-0.2, 0) is 9.59 Å². The van der Waals surface area contributed by atoms with Gasteiger partial charge in [-0.25, -0.2) is 0 Å². The van der Waals surface area contributed by atoms with Crippen molar-refractivity contribution in [2.45, 2.75) is 58.5 Å². The van der Waals surface area contributed by atoms with E-state index < -0.39 is 6.04 Å². The van der Waals surface area contributed by atoms with Crippen LogP contribution in [0.5, 0.6) is 0 Å². The largest absolute Gasteiger partial charge is 0.352 e.